The quantitative estimate of drug-likeness (QED) is 0.797. The molecular weight excluding hydrogens is 374 g/mol. The summed E-state index contributed by atoms with van der Waals surface area (Å²) < 4.78 is 0. The van der Waals surface area contributed by atoms with Crippen molar-refractivity contribution < 1.29 is 9.59 Å². The molecule has 1 fully saturated rings. The van der Waals surface area contributed by atoms with Gasteiger partial charge in [0.15, 0.2) is 0 Å². The lowest BCUT2D eigenvalue weighted by atomic mass is 10.1. The summed E-state index contributed by atoms with van der Waals surface area (Å²) in [5, 5.41) is 0.716. The third-order valence-electron chi connectivity index (χ3n) is 5.60. The van der Waals surface area contributed by atoms with Gasteiger partial charge in [-0.25, -0.2) is 0 Å². The first-order valence-electron chi connectivity index (χ1n) is 9.77. The van der Waals surface area contributed by atoms with Crippen LogP contribution in [0, 0.1) is 0 Å². The maximum absolute atomic E-state index is 13.3. The number of carbonyl (C=O) groups excluding carboxylic acids is 2. The summed E-state index contributed by atoms with van der Waals surface area (Å²) in [7, 11) is 0. The van der Waals surface area contributed by atoms with Crippen LogP contribution in [0.5, 0.6) is 0 Å². The summed E-state index contributed by atoms with van der Waals surface area (Å²) in [6, 6.07) is 15.2. The second kappa shape index (κ2) is 7.84. The van der Waals surface area contributed by atoms with Crippen LogP contribution in [0.2, 0.25) is 5.02 Å². The standard InChI is InChI=1S/C22H24ClN3O2/c1-2-21(27)26-19-9-4-3-6-16(19)14-20(26)22(28)25-12-10-24(11-13-25)18-8-5-7-17(23)15-18/h3-9,15,20H,2,10-14H2,1H3/t20-/m1/s1. The first kappa shape index (κ1) is 18.8. The molecular formula is C22H24ClN3O2. The van der Waals surface area contributed by atoms with Crippen molar-refractivity contribution in [2.75, 3.05) is 36.0 Å². The Bertz CT molecular complexity index is 893. The number of anilines is 2. The van der Waals surface area contributed by atoms with E-state index in [9.17, 15) is 9.59 Å². The normalized spacial score (nSPS) is 18.9. The Morgan fingerprint density at radius 2 is 1.79 bits per heavy atom. The van der Waals surface area contributed by atoms with Crippen molar-refractivity contribution in [3.63, 3.8) is 0 Å². The average Bonchev–Trinajstić information content (AvgIpc) is 3.12. The summed E-state index contributed by atoms with van der Waals surface area (Å²) in [4.78, 5) is 31.7. The number of rotatable bonds is 3. The van der Waals surface area contributed by atoms with E-state index < -0.39 is 6.04 Å². The van der Waals surface area contributed by atoms with Gasteiger partial charge in [0.1, 0.15) is 6.04 Å². The summed E-state index contributed by atoms with van der Waals surface area (Å²) in [5.74, 6) is 0.0459. The minimum Gasteiger partial charge on any atom is -0.368 e. The van der Waals surface area contributed by atoms with E-state index >= 15 is 0 Å². The van der Waals surface area contributed by atoms with Gasteiger partial charge < -0.3 is 9.80 Å². The van der Waals surface area contributed by atoms with E-state index in [-0.39, 0.29) is 11.8 Å². The van der Waals surface area contributed by atoms with Gasteiger partial charge in [0.05, 0.1) is 0 Å². The lowest BCUT2D eigenvalue weighted by Gasteiger charge is -2.38. The topological polar surface area (TPSA) is 43.9 Å². The number of amides is 2. The summed E-state index contributed by atoms with van der Waals surface area (Å²) in [6.45, 7) is 4.65. The first-order chi connectivity index (χ1) is 13.6. The molecule has 1 atom stereocenters. The highest BCUT2D eigenvalue weighted by atomic mass is 35.5. The Balaban J connectivity index is 1.47. The largest absolute Gasteiger partial charge is 0.368 e. The van der Waals surface area contributed by atoms with Gasteiger partial charge in [0.25, 0.3) is 0 Å². The minimum absolute atomic E-state index is 0.000799. The molecule has 0 saturated carbocycles. The monoisotopic (exact) mass is 397 g/mol. The molecule has 0 bridgehead atoms. The van der Waals surface area contributed by atoms with Gasteiger partial charge in [0, 0.05) is 55.4 Å². The summed E-state index contributed by atoms with van der Waals surface area (Å²) >= 11 is 6.10. The molecule has 1 saturated heterocycles. The molecule has 2 aliphatic rings. The number of halogens is 1. The fraction of sp³-hybridized carbons (Fsp3) is 0.364. The highest BCUT2D eigenvalue weighted by Crippen LogP contribution is 2.33. The second-order valence-corrected chi connectivity index (χ2v) is 7.69. The van der Waals surface area contributed by atoms with Gasteiger partial charge in [-0.05, 0) is 29.8 Å². The molecule has 0 aromatic heterocycles. The van der Waals surface area contributed by atoms with Crippen LogP contribution in [0.3, 0.4) is 0 Å². The molecule has 2 aromatic carbocycles. The Labute approximate surface area is 170 Å². The zero-order valence-electron chi connectivity index (χ0n) is 16.0. The van der Waals surface area contributed by atoms with Crippen LogP contribution in [0.15, 0.2) is 48.5 Å². The second-order valence-electron chi connectivity index (χ2n) is 7.26. The molecule has 146 valence electrons. The molecule has 4 rings (SSSR count). The van der Waals surface area contributed by atoms with Crippen molar-refractivity contribution in [1.82, 2.24) is 4.90 Å². The molecule has 0 N–H and O–H groups in total. The van der Waals surface area contributed by atoms with E-state index in [1.807, 2.05) is 60.4 Å². The van der Waals surface area contributed by atoms with Gasteiger partial charge in [0.2, 0.25) is 11.8 Å². The molecule has 2 aromatic rings. The van der Waals surface area contributed by atoms with Crippen LogP contribution in [-0.2, 0) is 16.0 Å². The molecule has 2 heterocycles. The Kier molecular flexibility index (Phi) is 5.27. The van der Waals surface area contributed by atoms with Crippen molar-refractivity contribution in [2.45, 2.75) is 25.8 Å². The number of nitrogens with zero attached hydrogens (tertiary/aromatic N) is 3. The van der Waals surface area contributed by atoms with E-state index in [4.69, 9.17) is 11.6 Å². The highest BCUT2D eigenvalue weighted by molar-refractivity contribution is 6.30. The minimum atomic E-state index is -0.428. The Morgan fingerprint density at radius 1 is 1.04 bits per heavy atom. The number of benzene rings is 2. The fourth-order valence-corrected chi connectivity index (χ4v) is 4.32. The van der Waals surface area contributed by atoms with Gasteiger partial charge >= 0.3 is 0 Å². The van der Waals surface area contributed by atoms with Crippen molar-refractivity contribution in [3.8, 4) is 0 Å². The number of para-hydroxylation sites is 1. The van der Waals surface area contributed by atoms with Crippen LogP contribution in [0.4, 0.5) is 11.4 Å². The number of carbonyl (C=O) groups is 2. The molecule has 0 spiro atoms. The highest BCUT2D eigenvalue weighted by Gasteiger charge is 2.40. The number of piperazine rings is 1. The van der Waals surface area contributed by atoms with Gasteiger partial charge in [-0.2, -0.15) is 0 Å². The van der Waals surface area contributed by atoms with Crippen LogP contribution < -0.4 is 9.80 Å². The smallest absolute Gasteiger partial charge is 0.246 e. The van der Waals surface area contributed by atoms with Crippen molar-refractivity contribution in [3.05, 3.63) is 59.1 Å². The van der Waals surface area contributed by atoms with Gasteiger partial charge in [-0.1, -0.05) is 42.8 Å². The molecule has 0 radical (unpaired) electrons. The van der Waals surface area contributed by atoms with Crippen LogP contribution >= 0.6 is 11.6 Å². The Hall–Kier alpha value is -2.53. The van der Waals surface area contributed by atoms with E-state index in [1.54, 1.807) is 4.90 Å². The third-order valence-corrected chi connectivity index (χ3v) is 5.83. The Morgan fingerprint density at radius 3 is 2.50 bits per heavy atom. The molecule has 2 aliphatic heterocycles. The van der Waals surface area contributed by atoms with Crippen molar-refractivity contribution in [1.29, 1.82) is 0 Å². The van der Waals surface area contributed by atoms with E-state index in [0.717, 1.165) is 30.0 Å². The number of hydrogen-bond acceptors (Lipinski definition) is 3. The molecule has 6 heteroatoms. The lowest BCUT2D eigenvalue weighted by molar-refractivity contribution is -0.134. The van der Waals surface area contributed by atoms with Crippen molar-refractivity contribution in [2.24, 2.45) is 0 Å². The number of hydrogen-bond donors (Lipinski definition) is 0. The van der Waals surface area contributed by atoms with Crippen LogP contribution in [-0.4, -0.2) is 48.9 Å². The summed E-state index contributed by atoms with van der Waals surface area (Å²) in [6.07, 6.45) is 0.982. The van der Waals surface area contributed by atoms with E-state index in [0.29, 0.717) is 31.0 Å². The van der Waals surface area contributed by atoms with Crippen LogP contribution in [0.25, 0.3) is 0 Å². The van der Waals surface area contributed by atoms with Crippen LogP contribution in [0.1, 0.15) is 18.9 Å². The zero-order chi connectivity index (χ0) is 19.7. The summed E-state index contributed by atoms with van der Waals surface area (Å²) in [5.41, 5.74) is 3.03. The molecule has 2 amide bonds. The third kappa shape index (κ3) is 3.47. The fourth-order valence-electron chi connectivity index (χ4n) is 4.13. The predicted molar refractivity (Wildman–Crippen MR) is 112 cm³/mol. The maximum Gasteiger partial charge on any atom is 0.246 e. The SMILES string of the molecule is CCC(=O)N1c2ccccc2C[C@@H]1C(=O)N1CCN(c2cccc(Cl)c2)CC1. The van der Waals surface area contributed by atoms with Crippen molar-refractivity contribution >= 4 is 34.8 Å². The van der Waals surface area contributed by atoms with Gasteiger partial charge in [-0.3, -0.25) is 14.5 Å². The predicted octanol–water partition coefficient (Wildman–Crippen LogP) is 3.36. The molecule has 5 nitrogen and oxygen atoms in total. The lowest BCUT2D eigenvalue weighted by Crippen LogP contribution is -2.55. The maximum atomic E-state index is 13.3. The molecule has 28 heavy (non-hydrogen) atoms. The average molecular weight is 398 g/mol. The molecule has 0 aliphatic carbocycles. The number of fused-ring (bicyclic) bond motifs is 1. The van der Waals surface area contributed by atoms with E-state index in [2.05, 4.69) is 4.90 Å². The van der Waals surface area contributed by atoms with E-state index in [1.165, 1.54) is 0 Å². The first-order valence-corrected chi connectivity index (χ1v) is 10.2. The zero-order valence-corrected chi connectivity index (χ0v) is 16.7. The van der Waals surface area contributed by atoms with Gasteiger partial charge in [-0.15, -0.1) is 0 Å². The molecule has 0 unspecified atom stereocenters.